The summed E-state index contributed by atoms with van der Waals surface area (Å²) in [5, 5.41) is 23.3. The van der Waals surface area contributed by atoms with Crippen LogP contribution in [0.25, 0.3) is 21.9 Å². The maximum atomic E-state index is 12.4. The average molecular weight is 464 g/mol. The van der Waals surface area contributed by atoms with Gasteiger partial charge < -0.3 is 29.7 Å². The molecule has 4 aromatic rings. The van der Waals surface area contributed by atoms with E-state index in [1.807, 2.05) is 6.92 Å². The van der Waals surface area contributed by atoms with E-state index in [0.29, 0.717) is 22.3 Å². The number of aliphatic carboxylic acids is 1. The van der Waals surface area contributed by atoms with Gasteiger partial charge in [-0.2, -0.15) is 0 Å². The molecule has 0 aliphatic rings. The molecule has 0 saturated carbocycles. The molecule has 0 fully saturated rings. The number of phenols is 1. The smallest absolute Gasteiger partial charge is 0.336 e. The van der Waals surface area contributed by atoms with Crippen molar-refractivity contribution in [2.45, 2.75) is 32.2 Å². The van der Waals surface area contributed by atoms with Gasteiger partial charge in [0.15, 0.2) is 6.61 Å². The van der Waals surface area contributed by atoms with Gasteiger partial charge in [0.25, 0.3) is 5.91 Å². The Bertz CT molecular complexity index is 1420. The first kappa shape index (κ1) is 22.9. The van der Waals surface area contributed by atoms with E-state index in [1.54, 1.807) is 24.4 Å². The number of carbonyl (C=O) groups is 2. The lowest BCUT2D eigenvalue weighted by atomic mass is 10.0. The summed E-state index contributed by atoms with van der Waals surface area (Å²) in [6.07, 6.45) is 3.28. The largest absolute Gasteiger partial charge is 0.508 e. The summed E-state index contributed by atoms with van der Waals surface area (Å²) in [6.45, 7) is 1.60. The van der Waals surface area contributed by atoms with Crippen molar-refractivity contribution in [2.24, 2.45) is 0 Å². The number of amides is 1. The van der Waals surface area contributed by atoms with Crippen LogP contribution in [-0.2, 0) is 22.4 Å². The summed E-state index contributed by atoms with van der Waals surface area (Å²) in [5.74, 6) is -1.43. The summed E-state index contributed by atoms with van der Waals surface area (Å²) in [6, 6.07) is 10.0. The Kier molecular flexibility index (Phi) is 6.53. The van der Waals surface area contributed by atoms with Crippen molar-refractivity contribution in [2.75, 3.05) is 6.61 Å². The number of benzene rings is 2. The number of ether oxygens (including phenoxy) is 1. The number of rotatable bonds is 9. The number of carbonyl (C=O) groups excluding carboxylic acids is 1. The minimum atomic E-state index is -1.20. The van der Waals surface area contributed by atoms with Crippen molar-refractivity contribution in [1.82, 2.24) is 10.3 Å². The molecule has 2 aromatic heterocycles. The molecule has 34 heavy (non-hydrogen) atoms. The fourth-order valence-electron chi connectivity index (χ4n) is 3.92. The van der Waals surface area contributed by atoms with E-state index < -0.39 is 30.2 Å². The van der Waals surface area contributed by atoms with Gasteiger partial charge in [0.1, 0.15) is 23.1 Å². The number of aryl methyl sites for hydroxylation is 1. The average Bonchev–Trinajstić information content (AvgIpc) is 3.18. The predicted octanol–water partition coefficient (Wildman–Crippen LogP) is 3.12. The maximum absolute atomic E-state index is 12.4. The molecule has 2 aromatic carbocycles. The predicted molar refractivity (Wildman–Crippen MR) is 125 cm³/mol. The van der Waals surface area contributed by atoms with Gasteiger partial charge in [-0.25, -0.2) is 9.59 Å². The Morgan fingerprint density at radius 1 is 1.12 bits per heavy atom. The quantitative estimate of drug-likeness (QED) is 0.279. The first-order chi connectivity index (χ1) is 16.3. The number of H-pyrrole nitrogens is 1. The molecule has 0 unspecified atom stereocenters. The monoisotopic (exact) mass is 464 g/mol. The normalized spacial score (nSPS) is 12.0. The molecule has 4 N–H and O–H groups in total. The number of aromatic amines is 1. The number of hydrogen-bond acceptors (Lipinski definition) is 6. The van der Waals surface area contributed by atoms with Crippen LogP contribution in [0.4, 0.5) is 0 Å². The number of fused-ring (bicyclic) bond motifs is 2. The van der Waals surface area contributed by atoms with Gasteiger partial charge >= 0.3 is 11.6 Å². The zero-order valence-corrected chi connectivity index (χ0v) is 18.5. The van der Waals surface area contributed by atoms with Crippen LogP contribution in [0.2, 0.25) is 0 Å². The highest BCUT2D eigenvalue weighted by Gasteiger charge is 2.22. The van der Waals surface area contributed by atoms with Crippen molar-refractivity contribution in [1.29, 1.82) is 0 Å². The minimum absolute atomic E-state index is 0.0197. The van der Waals surface area contributed by atoms with Gasteiger partial charge in [0.2, 0.25) is 0 Å². The van der Waals surface area contributed by atoms with Gasteiger partial charge in [-0.1, -0.05) is 13.3 Å². The fourth-order valence-corrected chi connectivity index (χ4v) is 3.92. The second kappa shape index (κ2) is 9.70. The second-order valence-electron chi connectivity index (χ2n) is 7.99. The first-order valence-corrected chi connectivity index (χ1v) is 10.8. The van der Waals surface area contributed by atoms with Crippen molar-refractivity contribution in [3.63, 3.8) is 0 Å². The molecule has 9 heteroatoms. The van der Waals surface area contributed by atoms with E-state index in [0.717, 1.165) is 29.3 Å². The summed E-state index contributed by atoms with van der Waals surface area (Å²) in [5.41, 5.74) is 2.18. The third kappa shape index (κ3) is 5.03. The molecule has 9 nitrogen and oxygen atoms in total. The number of aromatic nitrogens is 1. The SMILES string of the molecule is CCCc1cc(=O)oc2cc(OCC(=O)N[C@@H](Cc3c[nH]c4ccc(O)cc34)C(=O)O)ccc12. The van der Waals surface area contributed by atoms with Crippen LogP contribution in [-0.4, -0.2) is 39.7 Å². The molecule has 0 bridgehead atoms. The first-order valence-electron chi connectivity index (χ1n) is 10.8. The molecule has 0 aliphatic carbocycles. The van der Waals surface area contributed by atoms with E-state index in [2.05, 4.69) is 10.3 Å². The molecular formula is C25H24N2O7. The Balaban J connectivity index is 1.43. The zero-order chi connectivity index (χ0) is 24.2. The van der Waals surface area contributed by atoms with Crippen LogP contribution in [0, 0.1) is 0 Å². The molecule has 0 saturated heterocycles. The van der Waals surface area contributed by atoms with Gasteiger partial charge in [-0.15, -0.1) is 0 Å². The molecule has 0 aliphatic heterocycles. The van der Waals surface area contributed by atoms with Gasteiger partial charge in [0.05, 0.1) is 0 Å². The van der Waals surface area contributed by atoms with E-state index in [1.165, 1.54) is 24.3 Å². The molecule has 1 atom stereocenters. The fraction of sp³-hybridized carbons (Fsp3) is 0.240. The molecule has 0 radical (unpaired) electrons. The van der Waals surface area contributed by atoms with E-state index >= 15 is 0 Å². The number of hydrogen-bond donors (Lipinski definition) is 4. The molecule has 0 spiro atoms. The minimum Gasteiger partial charge on any atom is -0.508 e. The van der Waals surface area contributed by atoms with Crippen molar-refractivity contribution in [3.05, 3.63) is 70.2 Å². The summed E-state index contributed by atoms with van der Waals surface area (Å²) in [7, 11) is 0. The maximum Gasteiger partial charge on any atom is 0.336 e. The van der Waals surface area contributed by atoms with Crippen LogP contribution >= 0.6 is 0 Å². The third-order valence-electron chi connectivity index (χ3n) is 5.50. The van der Waals surface area contributed by atoms with Crippen LogP contribution in [0.3, 0.4) is 0 Å². The number of aromatic hydroxyl groups is 1. The van der Waals surface area contributed by atoms with Crippen LogP contribution < -0.4 is 15.7 Å². The zero-order valence-electron chi connectivity index (χ0n) is 18.5. The molecule has 1 amide bonds. The van der Waals surface area contributed by atoms with Crippen LogP contribution in [0.15, 0.2) is 57.9 Å². The number of phenolic OH excluding ortho intramolecular Hbond substituents is 1. The Morgan fingerprint density at radius 3 is 2.71 bits per heavy atom. The molecular weight excluding hydrogens is 440 g/mol. The van der Waals surface area contributed by atoms with Gasteiger partial charge in [-0.3, -0.25) is 4.79 Å². The number of carboxylic acid groups (broad SMARTS) is 1. The lowest BCUT2D eigenvalue weighted by molar-refractivity contribution is -0.142. The van der Waals surface area contributed by atoms with E-state index in [9.17, 15) is 24.6 Å². The van der Waals surface area contributed by atoms with Crippen molar-refractivity contribution >= 4 is 33.7 Å². The lowest BCUT2D eigenvalue weighted by Crippen LogP contribution is -2.44. The molecule has 2 heterocycles. The summed E-state index contributed by atoms with van der Waals surface area (Å²) < 4.78 is 10.8. The Morgan fingerprint density at radius 2 is 1.94 bits per heavy atom. The molecule has 4 rings (SSSR count). The van der Waals surface area contributed by atoms with Gasteiger partial charge in [0, 0.05) is 41.0 Å². The van der Waals surface area contributed by atoms with E-state index in [-0.39, 0.29) is 12.2 Å². The Hall–Kier alpha value is -4.27. The molecule has 176 valence electrons. The topological polar surface area (TPSA) is 142 Å². The van der Waals surface area contributed by atoms with Crippen molar-refractivity contribution < 1.29 is 29.0 Å². The van der Waals surface area contributed by atoms with Crippen LogP contribution in [0.5, 0.6) is 11.5 Å². The highest BCUT2D eigenvalue weighted by Crippen LogP contribution is 2.25. The Labute approximate surface area is 194 Å². The third-order valence-corrected chi connectivity index (χ3v) is 5.50. The number of nitrogens with one attached hydrogen (secondary N) is 2. The highest BCUT2D eigenvalue weighted by molar-refractivity contribution is 5.88. The summed E-state index contributed by atoms with van der Waals surface area (Å²) >= 11 is 0. The lowest BCUT2D eigenvalue weighted by Gasteiger charge is -2.15. The van der Waals surface area contributed by atoms with Crippen molar-refractivity contribution in [3.8, 4) is 11.5 Å². The van der Waals surface area contributed by atoms with E-state index in [4.69, 9.17) is 9.15 Å². The van der Waals surface area contributed by atoms with Gasteiger partial charge in [-0.05, 0) is 47.9 Å². The standard InChI is InChI=1S/C25H24N2O7/c1-2-3-14-9-24(30)34-22-11-17(5-6-18(14)22)33-13-23(29)27-21(25(31)32)8-15-12-26-20-7-4-16(28)10-19(15)20/h4-7,9-12,21,26,28H,2-3,8,13H2,1H3,(H,27,29)(H,31,32)/t21-/m0/s1. The highest BCUT2D eigenvalue weighted by atomic mass is 16.5. The summed E-state index contributed by atoms with van der Waals surface area (Å²) in [4.78, 5) is 39.0. The number of carboxylic acids is 1. The second-order valence-corrected chi connectivity index (χ2v) is 7.99. The van der Waals surface area contributed by atoms with Crippen LogP contribution in [0.1, 0.15) is 24.5 Å².